The zero-order valence-electron chi connectivity index (χ0n) is 22.6. The minimum absolute atomic E-state index is 0. The van der Waals surface area contributed by atoms with Crippen LogP contribution in [0.25, 0.3) is 16.9 Å². The number of imidazole rings is 1. The van der Waals surface area contributed by atoms with E-state index in [9.17, 15) is 0 Å². The van der Waals surface area contributed by atoms with Gasteiger partial charge >= 0.3 is 0 Å². The first kappa shape index (κ1) is 27.2. The molecule has 2 fully saturated rings. The summed E-state index contributed by atoms with van der Waals surface area (Å²) < 4.78 is 4.08. The molecule has 12 heteroatoms. The lowest BCUT2D eigenvalue weighted by Crippen LogP contribution is -2.43. The van der Waals surface area contributed by atoms with Crippen molar-refractivity contribution in [2.45, 2.75) is 45.3 Å². The van der Waals surface area contributed by atoms with Gasteiger partial charge in [0.1, 0.15) is 0 Å². The van der Waals surface area contributed by atoms with Crippen LogP contribution >= 0.6 is 12.4 Å². The lowest BCUT2D eigenvalue weighted by molar-refractivity contribution is 0.495. The van der Waals surface area contributed by atoms with E-state index in [-0.39, 0.29) is 24.5 Å². The molecule has 0 bridgehead atoms. The maximum Gasteiger partial charge on any atom is 0.229 e. The Morgan fingerprint density at radius 3 is 2.56 bits per heavy atom. The normalized spacial score (nSPS) is 16.6. The van der Waals surface area contributed by atoms with Gasteiger partial charge in [-0.05, 0) is 38.3 Å². The van der Waals surface area contributed by atoms with Crippen LogP contribution in [0, 0.1) is 0 Å². The second-order valence-corrected chi connectivity index (χ2v) is 10.5. The van der Waals surface area contributed by atoms with Gasteiger partial charge in [-0.2, -0.15) is 15.1 Å². The summed E-state index contributed by atoms with van der Waals surface area (Å²) in [6.07, 6.45) is 5.80. The van der Waals surface area contributed by atoms with Gasteiger partial charge in [-0.25, -0.2) is 9.67 Å². The monoisotopic (exact) mass is 551 g/mol. The summed E-state index contributed by atoms with van der Waals surface area (Å²) in [6, 6.07) is 10.9. The molecule has 3 aromatic heterocycles. The van der Waals surface area contributed by atoms with Gasteiger partial charge in [0, 0.05) is 70.2 Å². The number of benzene rings is 1. The van der Waals surface area contributed by atoms with Crippen LogP contribution in [-0.2, 0) is 6.54 Å². The molecule has 6 rings (SSSR count). The molecule has 0 amide bonds. The Hall–Kier alpha value is -3.41. The number of fused-ring (bicyclic) bond motifs is 1. The Morgan fingerprint density at radius 1 is 1.03 bits per heavy atom. The largest absolute Gasteiger partial charge is 0.364 e. The molecule has 39 heavy (non-hydrogen) atoms. The first-order chi connectivity index (χ1) is 18.6. The highest BCUT2D eigenvalue weighted by Crippen LogP contribution is 2.27. The summed E-state index contributed by atoms with van der Waals surface area (Å²) >= 11 is 0. The predicted molar refractivity (Wildman–Crippen MR) is 158 cm³/mol. The Bertz CT molecular complexity index is 1380. The number of hydrogen-bond donors (Lipinski definition) is 3. The summed E-state index contributed by atoms with van der Waals surface area (Å²) in [7, 11) is 0. The fourth-order valence-corrected chi connectivity index (χ4v) is 5.22. The summed E-state index contributed by atoms with van der Waals surface area (Å²) in [4.78, 5) is 19.2. The van der Waals surface area contributed by atoms with Crippen molar-refractivity contribution in [2.24, 2.45) is 5.73 Å². The van der Waals surface area contributed by atoms with Crippen molar-refractivity contribution in [3.63, 3.8) is 0 Å². The highest BCUT2D eigenvalue weighted by molar-refractivity contribution is 5.85. The van der Waals surface area contributed by atoms with E-state index >= 15 is 0 Å². The van der Waals surface area contributed by atoms with Crippen molar-refractivity contribution in [3.05, 3.63) is 48.4 Å². The second-order valence-electron chi connectivity index (χ2n) is 10.5. The van der Waals surface area contributed by atoms with Crippen LogP contribution < -0.4 is 26.2 Å². The average Bonchev–Trinajstić information content (AvgIpc) is 3.61. The number of para-hydroxylation sites is 1. The number of nitrogens with one attached hydrogen (secondary N) is 2. The fraction of sp³-hybridized carbons (Fsp3) is 0.481. The van der Waals surface area contributed by atoms with E-state index in [1.165, 1.54) is 0 Å². The molecular formula is C27H38ClN11. The molecule has 4 N–H and O–H groups in total. The van der Waals surface area contributed by atoms with Gasteiger partial charge in [-0.3, -0.25) is 0 Å². The quantitative estimate of drug-likeness (QED) is 0.318. The number of hydrogen-bond acceptors (Lipinski definition) is 9. The number of aromatic nitrogens is 6. The topological polar surface area (TPSA) is 118 Å². The van der Waals surface area contributed by atoms with Crippen molar-refractivity contribution in [3.8, 4) is 5.69 Å². The molecule has 1 aromatic carbocycles. The molecule has 2 saturated heterocycles. The van der Waals surface area contributed by atoms with Crippen molar-refractivity contribution >= 4 is 41.2 Å². The van der Waals surface area contributed by atoms with Gasteiger partial charge in [-0.1, -0.05) is 18.2 Å². The number of halogens is 1. The molecule has 0 atom stereocenters. The molecule has 208 valence electrons. The third kappa shape index (κ3) is 5.66. The van der Waals surface area contributed by atoms with E-state index < -0.39 is 0 Å². The molecular weight excluding hydrogens is 514 g/mol. The van der Waals surface area contributed by atoms with Crippen LogP contribution in [0.4, 0.5) is 17.6 Å². The number of nitrogens with two attached hydrogens (primary N) is 1. The summed E-state index contributed by atoms with van der Waals surface area (Å²) in [5.41, 5.74) is 9.96. The molecule has 11 nitrogen and oxygen atoms in total. The molecule has 2 aliphatic heterocycles. The van der Waals surface area contributed by atoms with Gasteiger partial charge in [0.05, 0.1) is 12.0 Å². The van der Waals surface area contributed by atoms with Gasteiger partial charge < -0.3 is 30.7 Å². The van der Waals surface area contributed by atoms with Crippen LogP contribution in [0.15, 0.2) is 42.9 Å². The lowest BCUT2D eigenvalue weighted by Gasteiger charge is -2.30. The standard InChI is InChI=1S/C27H37N11.ClH/c1-19(2)37-18-31-24-25(32-27(33-26(24)37)36-12-7-21(28)8-13-36)30-17-20-5-3-4-6-22(20)38-14-9-23(34-38)35-15-10-29-11-16-35;/h3-6,9,14,18-19,21,29H,7-8,10-13,15-17,28H2,1-2H3,(H,30,32,33);1H. The second kappa shape index (κ2) is 11.8. The van der Waals surface area contributed by atoms with Crippen LogP contribution in [0.3, 0.4) is 0 Å². The lowest BCUT2D eigenvalue weighted by atomic mass is 10.1. The van der Waals surface area contributed by atoms with Gasteiger partial charge in [0.2, 0.25) is 5.95 Å². The van der Waals surface area contributed by atoms with E-state index in [1.54, 1.807) is 0 Å². The van der Waals surface area contributed by atoms with Crippen molar-refractivity contribution < 1.29 is 0 Å². The third-order valence-corrected chi connectivity index (χ3v) is 7.49. The van der Waals surface area contributed by atoms with Gasteiger partial charge in [0.15, 0.2) is 22.8 Å². The molecule has 0 unspecified atom stereocenters. The Labute approximate surface area is 235 Å². The van der Waals surface area contributed by atoms with Crippen LogP contribution in [0.1, 0.15) is 38.3 Å². The van der Waals surface area contributed by atoms with E-state index in [4.69, 9.17) is 25.8 Å². The van der Waals surface area contributed by atoms with E-state index in [1.807, 2.05) is 17.2 Å². The predicted octanol–water partition coefficient (Wildman–Crippen LogP) is 2.96. The SMILES string of the molecule is CC(C)n1cnc2c(NCc3ccccc3-n3ccc(N4CCNCC4)n3)nc(N3CCC(N)CC3)nc21.Cl. The van der Waals surface area contributed by atoms with Crippen molar-refractivity contribution in [1.29, 1.82) is 0 Å². The molecule has 2 aliphatic rings. The zero-order chi connectivity index (χ0) is 26.1. The van der Waals surface area contributed by atoms with Crippen LogP contribution in [0.5, 0.6) is 0 Å². The van der Waals surface area contributed by atoms with Crippen molar-refractivity contribution in [2.75, 3.05) is 54.4 Å². The van der Waals surface area contributed by atoms with Crippen LogP contribution in [-0.4, -0.2) is 74.6 Å². The first-order valence-electron chi connectivity index (χ1n) is 13.7. The summed E-state index contributed by atoms with van der Waals surface area (Å²) in [5.74, 6) is 2.49. The molecule has 0 radical (unpaired) electrons. The molecule has 4 aromatic rings. The zero-order valence-corrected chi connectivity index (χ0v) is 23.4. The average molecular weight is 552 g/mol. The fourth-order valence-electron chi connectivity index (χ4n) is 5.22. The number of piperazine rings is 1. The summed E-state index contributed by atoms with van der Waals surface area (Å²) in [6.45, 7) is 10.5. The number of anilines is 3. The minimum atomic E-state index is 0. The highest BCUT2D eigenvalue weighted by atomic mass is 35.5. The number of rotatable bonds is 7. The number of nitrogens with zero attached hydrogens (tertiary/aromatic N) is 8. The van der Waals surface area contributed by atoms with E-state index in [2.05, 4.69) is 69.2 Å². The van der Waals surface area contributed by atoms with Gasteiger partial charge in [0.25, 0.3) is 0 Å². The first-order valence-corrected chi connectivity index (χ1v) is 13.7. The van der Waals surface area contributed by atoms with E-state index in [0.29, 0.717) is 6.54 Å². The molecule has 0 saturated carbocycles. The Kier molecular flexibility index (Phi) is 8.20. The van der Waals surface area contributed by atoms with Crippen LogP contribution in [0.2, 0.25) is 0 Å². The van der Waals surface area contributed by atoms with Gasteiger partial charge in [-0.15, -0.1) is 12.4 Å². The summed E-state index contributed by atoms with van der Waals surface area (Å²) in [5, 5.41) is 11.9. The molecule has 0 spiro atoms. The number of piperidine rings is 1. The smallest absolute Gasteiger partial charge is 0.229 e. The molecule has 5 heterocycles. The maximum atomic E-state index is 6.15. The Morgan fingerprint density at radius 2 is 1.79 bits per heavy atom. The van der Waals surface area contributed by atoms with Crippen molar-refractivity contribution in [1.82, 2.24) is 34.6 Å². The minimum Gasteiger partial charge on any atom is -0.364 e. The maximum absolute atomic E-state index is 6.15. The van der Waals surface area contributed by atoms with E-state index in [0.717, 1.165) is 92.1 Å². The Balaban J connectivity index is 0.00000308. The third-order valence-electron chi connectivity index (χ3n) is 7.49. The molecule has 0 aliphatic carbocycles. The highest BCUT2D eigenvalue weighted by Gasteiger charge is 2.22.